The summed E-state index contributed by atoms with van der Waals surface area (Å²) in [6.45, 7) is 3.73. The van der Waals surface area contributed by atoms with Crippen molar-refractivity contribution in [3.63, 3.8) is 0 Å². The van der Waals surface area contributed by atoms with Crippen LogP contribution in [0.5, 0.6) is 5.75 Å². The van der Waals surface area contributed by atoms with Gasteiger partial charge >= 0.3 is 0 Å². The van der Waals surface area contributed by atoms with Gasteiger partial charge in [-0.25, -0.2) is 4.98 Å². The Morgan fingerprint density at radius 2 is 2.25 bits per heavy atom. The molecule has 2 aliphatic heterocycles. The Morgan fingerprint density at radius 3 is 3.00 bits per heavy atom. The van der Waals surface area contributed by atoms with E-state index in [0.29, 0.717) is 17.5 Å². The lowest BCUT2D eigenvalue weighted by atomic mass is 10.1. The maximum atomic E-state index is 12.8. The first-order valence-corrected chi connectivity index (χ1v) is 9.67. The Hall–Kier alpha value is -2.79. The maximum Gasteiger partial charge on any atom is 0.272 e. The number of anilines is 3. The predicted molar refractivity (Wildman–Crippen MR) is 102 cm³/mol. The highest BCUT2D eigenvalue weighted by atomic mass is 32.1. The number of rotatable bonds is 4. The second-order valence-corrected chi connectivity index (χ2v) is 8.07. The van der Waals surface area contributed by atoms with Crippen molar-refractivity contribution in [2.75, 3.05) is 29.1 Å². The van der Waals surface area contributed by atoms with Crippen LogP contribution >= 0.6 is 11.3 Å². The Bertz CT molecular complexity index is 924. The maximum absolute atomic E-state index is 12.8. The zero-order valence-corrected chi connectivity index (χ0v) is 16.3. The van der Waals surface area contributed by atoms with Crippen molar-refractivity contribution in [1.82, 2.24) is 15.2 Å². The highest BCUT2D eigenvalue weighted by Gasteiger charge is 2.42. The molecule has 0 saturated carbocycles. The second-order valence-electron chi connectivity index (χ2n) is 7.06. The highest BCUT2D eigenvalue weighted by Crippen LogP contribution is 2.37. The van der Waals surface area contributed by atoms with Crippen LogP contribution in [0.4, 0.5) is 16.8 Å². The van der Waals surface area contributed by atoms with Crippen molar-refractivity contribution < 1.29 is 19.1 Å². The Labute approximate surface area is 165 Å². The SMILES string of the molecule is CC1(C)Oc2ccc(N)nc2N(CC(=O)Nc2nnc(C3CCCO3)s2)C1=O. The molecule has 0 spiro atoms. The quantitative estimate of drug-likeness (QED) is 0.783. The molecule has 2 amide bonds. The van der Waals surface area contributed by atoms with Crippen molar-refractivity contribution in [1.29, 1.82) is 0 Å². The van der Waals surface area contributed by atoms with Gasteiger partial charge in [0.1, 0.15) is 23.5 Å². The summed E-state index contributed by atoms with van der Waals surface area (Å²) in [4.78, 5) is 30.8. The van der Waals surface area contributed by atoms with Gasteiger partial charge in [0.05, 0.1) is 0 Å². The Morgan fingerprint density at radius 1 is 1.43 bits per heavy atom. The Kier molecular flexibility index (Phi) is 4.63. The van der Waals surface area contributed by atoms with E-state index < -0.39 is 11.5 Å². The third-order valence-corrected chi connectivity index (χ3v) is 5.37. The lowest BCUT2D eigenvalue weighted by Gasteiger charge is -2.37. The van der Waals surface area contributed by atoms with Crippen LogP contribution in [0, 0.1) is 0 Å². The highest BCUT2D eigenvalue weighted by molar-refractivity contribution is 7.15. The molecule has 1 fully saturated rings. The van der Waals surface area contributed by atoms with Crippen molar-refractivity contribution in [2.24, 2.45) is 0 Å². The summed E-state index contributed by atoms with van der Waals surface area (Å²) in [5, 5.41) is 11.8. The first kappa shape index (κ1) is 18.6. The zero-order chi connectivity index (χ0) is 19.9. The molecule has 4 rings (SSSR count). The molecule has 4 heterocycles. The van der Waals surface area contributed by atoms with Crippen LogP contribution in [0.2, 0.25) is 0 Å². The number of carbonyl (C=O) groups excluding carboxylic acids is 2. The molecule has 10 nitrogen and oxygen atoms in total. The third-order valence-electron chi connectivity index (χ3n) is 4.44. The fourth-order valence-corrected chi connectivity index (χ4v) is 3.94. The van der Waals surface area contributed by atoms with Crippen molar-refractivity contribution in [3.8, 4) is 5.75 Å². The summed E-state index contributed by atoms with van der Waals surface area (Å²) in [5.74, 6) is 0.0346. The molecule has 0 aromatic carbocycles. The standard InChI is InChI=1S/C17H20N6O4S/c1-17(2)15(25)23(13-9(27-17)5-6-11(18)19-13)8-12(24)20-16-22-21-14(28-16)10-4-3-7-26-10/h5-6,10H,3-4,7-8H2,1-2H3,(H2,18,19)(H,20,22,24). The van der Waals surface area contributed by atoms with Crippen molar-refractivity contribution in [2.45, 2.75) is 38.4 Å². The first-order valence-electron chi connectivity index (χ1n) is 8.86. The molecule has 3 N–H and O–H groups in total. The first-order chi connectivity index (χ1) is 13.3. The average Bonchev–Trinajstić information content (AvgIpc) is 3.31. The number of nitrogen functional groups attached to an aromatic ring is 1. The number of hydrogen-bond acceptors (Lipinski definition) is 9. The molecule has 11 heteroatoms. The minimum absolute atomic E-state index is 0.0659. The molecule has 2 aliphatic rings. The Balaban J connectivity index is 1.50. The number of nitrogens with two attached hydrogens (primary N) is 1. The fraction of sp³-hybridized carbons (Fsp3) is 0.471. The lowest BCUT2D eigenvalue weighted by Crippen LogP contribution is -2.54. The summed E-state index contributed by atoms with van der Waals surface area (Å²) in [5.41, 5.74) is 4.62. The van der Waals surface area contributed by atoms with Crippen LogP contribution in [0.1, 0.15) is 37.8 Å². The largest absolute Gasteiger partial charge is 0.474 e. The van der Waals surface area contributed by atoms with Gasteiger partial charge in [0.25, 0.3) is 5.91 Å². The van der Waals surface area contributed by atoms with E-state index in [1.54, 1.807) is 26.0 Å². The van der Waals surface area contributed by atoms with Gasteiger partial charge in [-0.15, -0.1) is 10.2 Å². The van der Waals surface area contributed by atoms with Gasteiger partial charge in [0.15, 0.2) is 17.2 Å². The van der Waals surface area contributed by atoms with Crippen LogP contribution in [-0.4, -0.2) is 45.7 Å². The van der Waals surface area contributed by atoms with E-state index in [2.05, 4.69) is 20.5 Å². The third kappa shape index (κ3) is 3.50. The lowest BCUT2D eigenvalue weighted by molar-refractivity contribution is -0.133. The van der Waals surface area contributed by atoms with Gasteiger partial charge in [-0.05, 0) is 38.8 Å². The summed E-state index contributed by atoms with van der Waals surface area (Å²) < 4.78 is 11.3. The van der Waals surface area contributed by atoms with E-state index >= 15 is 0 Å². The zero-order valence-electron chi connectivity index (χ0n) is 15.5. The predicted octanol–water partition coefficient (Wildman–Crippen LogP) is 1.51. The minimum Gasteiger partial charge on any atom is -0.474 e. The number of nitrogens with one attached hydrogen (secondary N) is 1. The molecule has 28 heavy (non-hydrogen) atoms. The van der Waals surface area contributed by atoms with E-state index in [1.165, 1.54) is 16.2 Å². The molecular formula is C17H20N6O4S. The van der Waals surface area contributed by atoms with Gasteiger partial charge in [-0.1, -0.05) is 11.3 Å². The van der Waals surface area contributed by atoms with Crippen LogP contribution < -0.4 is 20.7 Å². The number of ether oxygens (including phenoxy) is 2. The van der Waals surface area contributed by atoms with Crippen LogP contribution in [0.15, 0.2) is 12.1 Å². The van der Waals surface area contributed by atoms with Crippen LogP contribution in [0.25, 0.3) is 0 Å². The van der Waals surface area contributed by atoms with Gasteiger partial charge in [-0.3, -0.25) is 19.8 Å². The number of aromatic nitrogens is 3. The normalized spacial score (nSPS) is 20.6. The van der Waals surface area contributed by atoms with Gasteiger partial charge in [0.2, 0.25) is 11.0 Å². The molecule has 0 bridgehead atoms. The molecule has 2 aromatic rings. The van der Waals surface area contributed by atoms with Crippen LogP contribution in [-0.2, 0) is 14.3 Å². The topological polar surface area (TPSA) is 133 Å². The molecular weight excluding hydrogens is 384 g/mol. The van der Waals surface area contributed by atoms with E-state index in [-0.39, 0.29) is 30.2 Å². The molecule has 2 aromatic heterocycles. The van der Waals surface area contributed by atoms with E-state index in [4.69, 9.17) is 15.2 Å². The number of nitrogens with zero attached hydrogens (tertiary/aromatic N) is 4. The molecule has 1 atom stereocenters. The fourth-order valence-electron chi connectivity index (χ4n) is 3.10. The average molecular weight is 404 g/mol. The number of hydrogen-bond donors (Lipinski definition) is 2. The summed E-state index contributed by atoms with van der Waals surface area (Å²) >= 11 is 1.27. The minimum atomic E-state index is -1.12. The van der Waals surface area contributed by atoms with E-state index in [1.807, 2.05) is 0 Å². The number of fused-ring (bicyclic) bond motifs is 1. The van der Waals surface area contributed by atoms with Crippen molar-refractivity contribution in [3.05, 3.63) is 17.1 Å². The van der Waals surface area contributed by atoms with Gasteiger partial charge in [-0.2, -0.15) is 0 Å². The summed E-state index contributed by atoms with van der Waals surface area (Å²) in [6.07, 6.45) is 1.81. The molecule has 1 unspecified atom stereocenters. The van der Waals surface area contributed by atoms with Gasteiger partial charge < -0.3 is 15.2 Å². The number of pyridine rings is 1. The van der Waals surface area contributed by atoms with E-state index in [0.717, 1.165) is 17.8 Å². The summed E-state index contributed by atoms with van der Waals surface area (Å²) in [7, 11) is 0. The molecule has 0 radical (unpaired) electrons. The molecule has 1 saturated heterocycles. The van der Waals surface area contributed by atoms with Gasteiger partial charge in [0, 0.05) is 6.61 Å². The molecule has 0 aliphatic carbocycles. The summed E-state index contributed by atoms with van der Waals surface area (Å²) in [6, 6.07) is 3.21. The monoisotopic (exact) mass is 404 g/mol. The second kappa shape index (κ2) is 6.99. The molecule has 148 valence electrons. The van der Waals surface area contributed by atoms with Crippen LogP contribution in [0.3, 0.4) is 0 Å². The number of amides is 2. The van der Waals surface area contributed by atoms with Crippen molar-refractivity contribution >= 4 is 39.9 Å². The smallest absolute Gasteiger partial charge is 0.272 e. The van der Waals surface area contributed by atoms with E-state index in [9.17, 15) is 9.59 Å². The number of carbonyl (C=O) groups is 2.